The number of morpholine rings is 1. The highest BCUT2D eigenvalue weighted by atomic mass is 16.5. The first-order chi connectivity index (χ1) is 7.03. The van der Waals surface area contributed by atoms with Gasteiger partial charge in [-0.3, -0.25) is 4.79 Å². The van der Waals surface area contributed by atoms with Crippen LogP contribution in [0.2, 0.25) is 0 Å². The number of hydrogen-bond acceptors (Lipinski definition) is 4. The first-order valence-electron chi connectivity index (χ1n) is 5.15. The maximum absolute atomic E-state index is 12.0. The minimum Gasteiger partial charge on any atom is -0.377 e. The summed E-state index contributed by atoms with van der Waals surface area (Å²) in [4.78, 5) is 13.8. The molecule has 1 aliphatic heterocycles. The lowest BCUT2D eigenvalue weighted by molar-refractivity contribution is -0.156. The number of nitrogens with zero attached hydrogens (tertiary/aromatic N) is 1. The number of carbonyl (C=O) groups is 1. The van der Waals surface area contributed by atoms with Crippen LogP contribution in [0.1, 0.15) is 13.8 Å². The molecule has 1 amide bonds. The summed E-state index contributed by atoms with van der Waals surface area (Å²) in [6.07, 6.45) is -0.539. The van der Waals surface area contributed by atoms with E-state index in [4.69, 9.17) is 15.2 Å². The van der Waals surface area contributed by atoms with Gasteiger partial charge >= 0.3 is 0 Å². The molecule has 0 aliphatic carbocycles. The molecule has 1 saturated heterocycles. The predicted octanol–water partition coefficient (Wildman–Crippen LogP) is -0.402. The zero-order chi connectivity index (χ0) is 11.5. The highest BCUT2D eigenvalue weighted by Crippen LogP contribution is 2.20. The Kier molecular flexibility index (Phi) is 4.07. The molecule has 1 atom stereocenters. The summed E-state index contributed by atoms with van der Waals surface area (Å²) >= 11 is 0. The summed E-state index contributed by atoms with van der Waals surface area (Å²) in [6.45, 7) is 5.91. The van der Waals surface area contributed by atoms with Gasteiger partial charge in [0.2, 0.25) is 0 Å². The Bertz CT molecular complexity index is 227. The lowest BCUT2D eigenvalue weighted by Crippen LogP contribution is -2.59. The van der Waals surface area contributed by atoms with E-state index in [0.29, 0.717) is 19.8 Å². The zero-order valence-corrected chi connectivity index (χ0v) is 9.66. The van der Waals surface area contributed by atoms with Crippen LogP contribution in [0.5, 0.6) is 0 Å². The van der Waals surface area contributed by atoms with Crippen LogP contribution in [0.25, 0.3) is 0 Å². The van der Waals surface area contributed by atoms with Crippen molar-refractivity contribution in [1.82, 2.24) is 4.90 Å². The Morgan fingerprint density at radius 1 is 1.67 bits per heavy atom. The minimum atomic E-state index is -0.539. The molecular formula is C10H20N2O3. The highest BCUT2D eigenvalue weighted by molar-refractivity contribution is 5.82. The monoisotopic (exact) mass is 216 g/mol. The second-order valence-electron chi connectivity index (χ2n) is 4.31. The molecule has 2 N–H and O–H groups in total. The Labute approximate surface area is 90.5 Å². The van der Waals surface area contributed by atoms with Crippen molar-refractivity contribution in [1.29, 1.82) is 0 Å². The summed E-state index contributed by atoms with van der Waals surface area (Å²) in [7, 11) is 1.50. The zero-order valence-electron chi connectivity index (χ0n) is 9.66. The summed E-state index contributed by atoms with van der Waals surface area (Å²) < 4.78 is 10.4. The molecule has 5 heteroatoms. The summed E-state index contributed by atoms with van der Waals surface area (Å²) in [5.74, 6) is -0.0479. The third-order valence-electron chi connectivity index (χ3n) is 2.69. The van der Waals surface area contributed by atoms with Gasteiger partial charge in [0.15, 0.2) is 0 Å². The van der Waals surface area contributed by atoms with E-state index >= 15 is 0 Å². The average molecular weight is 216 g/mol. The topological polar surface area (TPSA) is 64.8 Å². The van der Waals surface area contributed by atoms with Crippen molar-refractivity contribution in [3.63, 3.8) is 0 Å². The van der Waals surface area contributed by atoms with E-state index in [1.807, 2.05) is 13.8 Å². The molecule has 0 aromatic carbocycles. The molecule has 0 aromatic heterocycles. The van der Waals surface area contributed by atoms with Crippen molar-refractivity contribution in [3.8, 4) is 0 Å². The number of ether oxygens (including phenoxy) is 2. The Balaban J connectivity index is 2.72. The van der Waals surface area contributed by atoms with Gasteiger partial charge in [0.25, 0.3) is 5.91 Å². The molecule has 0 saturated carbocycles. The van der Waals surface area contributed by atoms with Gasteiger partial charge in [-0.1, -0.05) is 0 Å². The van der Waals surface area contributed by atoms with Crippen LogP contribution in [0.4, 0.5) is 0 Å². The third kappa shape index (κ3) is 2.68. The molecular weight excluding hydrogens is 196 g/mol. The fourth-order valence-electron chi connectivity index (χ4n) is 1.74. The predicted molar refractivity (Wildman–Crippen MR) is 56.5 cm³/mol. The van der Waals surface area contributed by atoms with Gasteiger partial charge < -0.3 is 20.1 Å². The molecule has 0 spiro atoms. The van der Waals surface area contributed by atoms with Crippen molar-refractivity contribution in [2.24, 2.45) is 5.73 Å². The van der Waals surface area contributed by atoms with E-state index in [0.717, 1.165) is 0 Å². The van der Waals surface area contributed by atoms with Crippen LogP contribution in [0, 0.1) is 0 Å². The minimum absolute atomic E-state index is 0.0479. The molecule has 1 rings (SSSR count). The van der Waals surface area contributed by atoms with Crippen molar-refractivity contribution in [2.45, 2.75) is 25.5 Å². The molecule has 1 heterocycles. The lowest BCUT2D eigenvalue weighted by Gasteiger charge is -2.43. The Hall–Kier alpha value is -0.650. The molecule has 1 unspecified atom stereocenters. The SMILES string of the molecule is COC(CN)C(=O)N1CCOCC1(C)C. The number of nitrogens with two attached hydrogens (primary N) is 1. The van der Waals surface area contributed by atoms with Gasteiger partial charge in [-0.05, 0) is 13.8 Å². The molecule has 0 bridgehead atoms. The van der Waals surface area contributed by atoms with Gasteiger partial charge in [0.1, 0.15) is 6.10 Å². The van der Waals surface area contributed by atoms with Crippen LogP contribution in [0.3, 0.4) is 0 Å². The second-order valence-corrected chi connectivity index (χ2v) is 4.31. The highest BCUT2D eigenvalue weighted by Gasteiger charge is 2.36. The van der Waals surface area contributed by atoms with Gasteiger partial charge in [0, 0.05) is 20.2 Å². The van der Waals surface area contributed by atoms with Crippen LogP contribution >= 0.6 is 0 Å². The molecule has 0 aromatic rings. The second kappa shape index (κ2) is 4.92. The molecule has 1 fully saturated rings. The van der Waals surface area contributed by atoms with E-state index in [9.17, 15) is 4.79 Å². The summed E-state index contributed by atoms with van der Waals surface area (Å²) in [5, 5.41) is 0. The molecule has 1 aliphatic rings. The molecule has 5 nitrogen and oxygen atoms in total. The summed E-state index contributed by atoms with van der Waals surface area (Å²) in [6, 6.07) is 0. The third-order valence-corrected chi connectivity index (χ3v) is 2.69. The van der Waals surface area contributed by atoms with E-state index in [-0.39, 0.29) is 18.0 Å². The van der Waals surface area contributed by atoms with Crippen molar-refractivity contribution in [3.05, 3.63) is 0 Å². The number of hydrogen-bond donors (Lipinski definition) is 1. The van der Waals surface area contributed by atoms with Crippen LogP contribution in [-0.2, 0) is 14.3 Å². The molecule has 15 heavy (non-hydrogen) atoms. The Morgan fingerprint density at radius 3 is 2.80 bits per heavy atom. The smallest absolute Gasteiger partial charge is 0.253 e. The average Bonchev–Trinajstić information content (AvgIpc) is 2.18. The fraction of sp³-hybridized carbons (Fsp3) is 0.900. The standard InChI is InChI=1S/C10H20N2O3/c1-10(2)7-15-5-4-12(10)9(13)8(6-11)14-3/h8H,4-7,11H2,1-3H3. The van der Waals surface area contributed by atoms with Gasteiger partial charge in [-0.25, -0.2) is 0 Å². The maximum atomic E-state index is 12.0. The first-order valence-corrected chi connectivity index (χ1v) is 5.15. The van der Waals surface area contributed by atoms with Crippen LogP contribution in [-0.4, -0.2) is 55.9 Å². The first kappa shape index (κ1) is 12.4. The quantitative estimate of drug-likeness (QED) is 0.697. The largest absolute Gasteiger partial charge is 0.377 e. The van der Waals surface area contributed by atoms with Crippen LogP contribution < -0.4 is 5.73 Å². The number of rotatable bonds is 3. The van der Waals surface area contributed by atoms with Gasteiger partial charge in [-0.2, -0.15) is 0 Å². The van der Waals surface area contributed by atoms with Crippen molar-refractivity contribution >= 4 is 5.91 Å². The van der Waals surface area contributed by atoms with Gasteiger partial charge in [-0.15, -0.1) is 0 Å². The fourth-order valence-corrected chi connectivity index (χ4v) is 1.74. The number of methoxy groups -OCH3 is 1. The van der Waals surface area contributed by atoms with Crippen LogP contribution in [0.15, 0.2) is 0 Å². The molecule has 0 radical (unpaired) electrons. The van der Waals surface area contributed by atoms with E-state index < -0.39 is 6.10 Å². The number of carbonyl (C=O) groups excluding carboxylic acids is 1. The lowest BCUT2D eigenvalue weighted by atomic mass is 10.0. The van der Waals surface area contributed by atoms with Crippen molar-refractivity contribution < 1.29 is 14.3 Å². The Morgan fingerprint density at radius 2 is 2.33 bits per heavy atom. The molecule has 88 valence electrons. The van der Waals surface area contributed by atoms with E-state index in [2.05, 4.69) is 0 Å². The van der Waals surface area contributed by atoms with Gasteiger partial charge in [0.05, 0.1) is 18.8 Å². The summed E-state index contributed by atoms with van der Waals surface area (Å²) in [5.41, 5.74) is 5.20. The normalized spacial score (nSPS) is 22.5. The van der Waals surface area contributed by atoms with E-state index in [1.54, 1.807) is 4.90 Å². The number of amides is 1. The maximum Gasteiger partial charge on any atom is 0.253 e. The van der Waals surface area contributed by atoms with E-state index in [1.165, 1.54) is 7.11 Å². The van der Waals surface area contributed by atoms with Crippen molar-refractivity contribution in [2.75, 3.05) is 33.4 Å².